The SMILES string of the molecule is CC1=CC=C(S(=O)(=O)N2CCCC(C(C)C)C2)C=NC1. The average molecular weight is 296 g/mol. The summed E-state index contributed by atoms with van der Waals surface area (Å²) in [6.07, 6.45) is 7.10. The van der Waals surface area contributed by atoms with Gasteiger partial charge in [-0.1, -0.05) is 25.5 Å². The normalized spacial score (nSPS) is 25.3. The molecule has 1 atom stereocenters. The number of rotatable bonds is 3. The molecule has 0 amide bonds. The Morgan fingerprint density at radius 2 is 2.10 bits per heavy atom. The van der Waals surface area contributed by atoms with E-state index in [1.807, 2.05) is 13.0 Å². The first-order valence-corrected chi connectivity index (χ1v) is 8.72. The zero-order valence-electron chi connectivity index (χ0n) is 12.5. The number of nitrogens with zero attached hydrogens (tertiary/aromatic N) is 2. The van der Waals surface area contributed by atoms with Crippen LogP contribution in [0.4, 0.5) is 0 Å². The van der Waals surface area contributed by atoms with Gasteiger partial charge >= 0.3 is 0 Å². The number of hydrogen-bond donors (Lipinski definition) is 0. The van der Waals surface area contributed by atoms with Gasteiger partial charge in [0.2, 0.25) is 10.0 Å². The van der Waals surface area contributed by atoms with Crippen LogP contribution in [0.2, 0.25) is 0 Å². The van der Waals surface area contributed by atoms with Crippen molar-refractivity contribution in [3.8, 4) is 0 Å². The van der Waals surface area contributed by atoms with Gasteiger partial charge in [0, 0.05) is 19.3 Å². The summed E-state index contributed by atoms with van der Waals surface area (Å²) in [5.74, 6) is 0.978. The van der Waals surface area contributed by atoms with E-state index < -0.39 is 10.0 Å². The quantitative estimate of drug-likeness (QED) is 0.804. The predicted octanol–water partition coefficient (Wildman–Crippen LogP) is 2.60. The summed E-state index contributed by atoms with van der Waals surface area (Å²) in [6, 6.07) is 0. The minimum absolute atomic E-state index is 0.318. The molecular formula is C15H24N2O2S. The van der Waals surface area contributed by atoms with Crippen LogP contribution < -0.4 is 0 Å². The largest absolute Gasteiger partial charge is 0.287 e. The lowest BCUT2D eigenvalue weighted by atomic mass is 9.89. The first-order chi connectivity index (χ1) is 9.41. The maximum Gasteiger partial charge on any atom is 0.244 e. The second-order valence-electron chi connectivity index (χ2n) is 6.06. The first-order valence-electron chi connectivity index (χ1n) is 7.28. The molecule has 1 saturated heterocycles. The minimum atomic E-state index is -3.40. The van der Waals surface area contributed by atoms with Gasteiger partial charge in [-0.3, -0.25) is 4.99 Å². The van der Waals surface area contributed by atoms with Crippen LogP contribution in [0.15, 0.2) is 27.6 Å². The molecule has 0 aliphatic carbocycles. The highest BCUT2D eigenvalue weighted by Gasteiger charge is 2.32. The Kier molecular flexibility index (Phi) is 4.81. The summed E-state index contributed by atoms with van der Waals surface area (Å²) < 4.78 is 27.0. The molecule has 0 aromatic carbocycles. The van der Waals surface area contributed by atoms with Gasteiger partial charge in [0.1, 0.15) is 4.91 Å². The highest BCUT2D eigenvalue weighted by molar-refractivity contribution is 7.93. The molecule has 0 aromatic heterocycles. The third kappa shape index (κ3) is 3.38. The molecule has 2 rings (SSSR count). The molecule has 0 saturated carbocycles. The first kappa shape index (κ1) is 15.4. The molecule has 0 spiro atoms. The standard InChI is InChI=1S/C15H24N2O2S/c1-12(2)14-5-4-8-17(11-14)20(18,19)15-7-6-13(3)9-16-10-15/h6-7,10,12,14H,4-5,8-9,11H2,1-3H3. The van der Waals surface area contributed by atoms with Gasteiger partial charge in [-0.05, 0) is 37.7 Å². The highest BCUT2D eigenvalue weighted by Crippen LogP contribution is 2.27. The maximum atomic E-state index is 12.7. The zero-order valence-corrected chi connectivity index (χ0v) is 13.4. The Hall–Kier alpha value is -0.940. The fourth-order valence-corrected chi connectivity index (χ4v) is 4.14. The number of allylic oxidation sites excluding steroid dienone is 3. The van der Waals surface area contributed by atoms with Gasteiger partial charge in [0.15, 0.2) is 0 Å². The Morgan fingerprint density at radius 1 is 1.35 bits per heavy atom. The predicted molar refractivity (Wildman–Crippen MR) is 83.3 cm³/mol. The molecule has 2 heterocycles. The molecule has 0 radical (unpaired) electrons. The van der Waals surface area contributed by atoms with Crippen molar-refractivity contribution in [2.45, 2.75) is 33.6 Å². The van der Waals surface area contributed by atoms with Gasteiger partial charge in [-0.2, -0.15) is 4.31 Å². The summed E-state index contributed by atoms with van der Waals surface area (Å²) in [5.41, 5.74) is 1.07. The molecule has 2 aliphatic rings. The summed E-state index contributed by atoms with van der Waals surface area (Å²) in [4.78, 5) is 4.50. The monoisotopic (exact) mass is 296 g/mol. The van der Waals surface area contributed by atoms with Gasteiger partial charge in [0.25, 0.3) is 0 Å². The molecule has 2 aliphatic heterocycles. The lowest BCUT2D eigenvalue weighted by Crippen LogP contribution is -2.41. The van der Waals surface area contributed by atoms with Crippen molar-refractivity contribution in [2.24, 2.45) is 16.8 Å². The Morgan fingerprint density at radius 3 is 2.80 bits per heavy atom. The third-order valence-corrected chi connectivity index (χ3v) is 5.94. The van der Waals surface area contributed by atoms with E-state index in [0.717, 1.165) is 18.4 Å². The molecular weight excluding hydrogens is 272 g/mol. The summed E-state index contributed by atoms with van der Waals surface area (Å²) >= 11 is 0. The van der Waals surface area contributed by atoms with Crippen molar-refractivity contribution < 1.29 is 8.42 Å². The summed E-state index contributed by atoms with van der Waals surface area (Å²) in [6.45, 7) is 8.12. The number of piperidine rings is 1. The van der Waals surface area contributed by atoms with E-state index in [4.69, 9.17) is 0 Å². The molecule has 1 unspecified atom stereocenters. The van der Waals surface area contributed by atoms with Gasteiger partial charge in [0.05, 0.1) is 6.54 Å². The molecule has 5 heteroatoms. The topological polar surface area (TPSA) is 49.7 Å². The van der Waals surface area contributed by atoms with Crippen molar-refractivity contribution in [3.05, 3.63) is 22.6 Å². The maximum absolute atomic E-state index is 12.7. The molecule has 0 aromatic rings. The lowest BCUT2D eigenvalue weighted by molar-refractivity contribution is 0.220. The Balaban J connectivity index is 2.22. The van der Waals surface area contributed by atoms with Crippen molar-refractivity contribution in [1.82, 2.24) is 4.31 Å². The van der Waals surface area contributed by atoms with Gasteiger partial charge in [-0.15, -0.1) is 0 Å². The van der Waals surface area contributed by atoms with Crippen LogP contribution in [-0.4, -0.2) is 38.6 Å². The highest BCUT2D eigenvalue weighted by atomic mass is 32.2. The van der Waals surface area contributed by atoms with Crippen molar-refractivity contribution in [1.29, 1.82) is 0 Å². The van der Waals surface area contributed by atoms with E-state index in [2.05, 4.69) is 18.8 Å². The lowest BCUT2D eigenvalue weighted by Gasteiger charge is -2.34. The average Bonchev–Trinajstić information content (AvgIpc) is 2.64. The van der Waals surface area contributed by atoms with E-state index in [9.17, 15) is 8.42 Å². The van der Waals surface area contributed by atoms with Crippen molar-refractivity contribution in [3.63, 3.8) is 0 Å². The van der Waals surface area contributed by atoms with Crippen LogP contribution in [0.1, 0.15) is 33.6 Å². The smallest absolute Gasteiger partial charge is 0.244 e. The fraction of sp³-hybridized carbons (Fsp3) is 0.667. The zero-order chi connectivity index (χ0) is 14.8. The second kappa shape index (κ2) is 6.22. The van der Waals surface area contributed by atoms with Crippen LogP contribution in [-0.2, 0) is 10.0 Å². The minimum Gasteiger partial charge on any atom is -0.287 e. The molecule has 0 N–H and O–H groups in total. The van der Waals surface area contributed by atoms with Crippen LogP contribution >= 0.6 is 0 Å². The van der Waals surface area contributed by atoms with E-state index in [1.54, 1.807) is 10.4 Å². The summed E-state index contributed by atoms with van der Waals surface area (Å²) in [7, 11) is -3.40. The van der Waals surface area contributed by atoms with Crippen molar-refractivity contribution >= 4 is 16.2 Å². The number of sulfonamides is 1. The molecule has 4 nitrogen and oxygen atoms in total. The molecule has 0 bridgehead atoms. The summed E-state index contributed by atoms with van der Waals surface area (Å²) in [5, 5.41) is 0. The third-order valence-electron chi connectivity index (χ3n) is 4.09. The molecule has 20 heavy (non-hydrogen) atoms. The van der Waals surface area contributed by atoms with Gasteiger partial charge in [-0.25, -0.2) is 8.42 Å². The Labute approximate surface area is 122 Å². The Bertz CT molecular complexity index is 544. The van der Waals surface area contributed by atoms with Crippen molar-refractivity contribution in [2.75, 3.05) is 19.6 Å². The van der Waals surface area contributed by atoms with Crippen LogP contribution in [0, 0.1) is 11.8 Å². The number of aliphatic imine (C=N–C) groups is 1. The van der Waals surface area contributed by atoms with Crippen LogP contribution in [0.3, 0.4) is 0 Å². The van der Waals surface area contributed by atoms with Crippen LogP contribution in [0.5, 0.6) is 0 Å². The van der Waals surface area contributed by atoms with Gasteiger partial charge < -0.3 is 0 Å². The molecule has 1 fully saturated rings. The number of hydrogen-bond acceptors (Lipinski definition) is 3. The second-order valence-corrected chi connectivity index (χ2v) is 8.00. The van der Waals surface area contributed by atoms with E-state index in [0.29, 0.717) is 36.4 Å². The van der Waals surface area contributed by atoms with E-state index >= 15 is 0 Å². The van der Waals surface area contributed by atoms with E-state index in [1.165, 1.54) is 6.21 Å². The van der Waals surface area contributed by atoms with Crippen LogP contribution in [0.25, 0.3) is 0 Å². The molecule has 112 valence electrons. The fourth-order valence-electron chi connectivity index (χ4n) is 2.64. The van der Waals surface area contributed by atoms with E-state index in [-0.39, 0.29) is 0 Å².